The first-order chi connectivity index (χ1) is 8.16. The van der Waals surface area contributed by atoms with Gasteiger partial charge in [0.1, 0.15) is 0 Å². The summed E-state index contributed by atoms with van der Waals surface area (Å²) in [6.07, 6.45) is 0.181. The summed E-state index contributed by atoms with van der Waals surface area (Å²) >= 11 is 0. The normalized spacial score (nSPS) is 20.3. The third-order valence-electron chi connectivity index (χ3n) is 3.13. The van der Waals surface area contributed by atoms with Gasteiger partial charge in [0.25, 0.3) is 0 Å². The quantitative estimate of drug-likeness (QED) is 0.826. The van der Waals surface area contributed by atoms with Crippen LogP contribution >= 0.6 is 0 Å². The maximum absolute atomic E-state index is 10.8. The Bertz CT molecular complexity index is 389. The summed E-state index contributed by atoms with van der Waals surface area (Å²) in [5, 5.41) is 12.2. The van der Waals surface area contributed by atoms with Crippen LogP contribution in [0.15, 0.2) is 24.3 Å². The topological polar surface area (TPSA) is 52.6 Å². The number of hydrogen-bond donors (Lipinski definition) is 2. The van der Waals surface area contributed by atoms with Crippen LogP contribution in [-0.4, -0.2) is 36.8 Å². The van der Waals surface area contributed by atoms with Gasteiger partial charge in [0, 0.05) is 25.3 Å². The van der Waals surface area contributed by atoms with Gasteiger partial charge in [0.05, 0.1) is 12.5 Å². The van der Waals surface area contributed by atoms with Crippen molar-refractivity contribution in [2.45, 2.75) is 19.4 Å². The minimum Gasteiger partial charge on any atom is -0.481 e. The third-order valence-corrected chi connectivity index (χ3v) is 3.13. The van der Waals surface area contributed by atoms with Crippen LogP contribution in [0.5, 0.6) is 0 Å². The highest BCUT2D eigenvalue weighted by atomic mass is 16.4. The highest BCUT2D eigenvalue weighted by Crippen LogP contribution is 2.20. The Labute approximate surface area is 101 Å². The van der Waals surface area contributed by atoms with Gasteiger partial charge < -0.3 is 15.3 Å². The molecule has 2 N–H and O–H groups in total. The maximum Gasteiger partial charge on any atom is 0.305 e. The number of aliphatic carboxylic acids is 1. The van der Waals surface area contributed by atoms with Crippen LogP contribution in [0.4, 0.5) is 5.69 Å². The number of benzene rings is 1. The standard InChI is InChI=1S/C13H18N2O2/c1-10-2-4-11(5-3-10)15-7-6-14-9-12(15)8-13(16)17/h2-5,12,14H,6-9H2,1H3,(H,16,17). The second kappa shape index (κ2) is 5.19. The number of hydrogen-bond acceptors (Lipinski definition) is 3. The van der Waals surface area contributed by atoms with E-state index in [0.29, 0.717) is 0 Å². The summed E-state index contributed by atoms with van der Waals surface area (Å²) in [4.78, 5) is 13.0. The summed E-state index contributed by atoms with van der Waals surface area (Å²) in [5.41, 5.74) is 2.34. The molecule has 1 fully saturated rings. The molecule has 2 rings (SSSR count). The zero-order valence-corrected chi connectivity index (χ0v) is 10.0. The number of carbonyl (C=O) groups is 1. The van der Waals surface area contributed by atoms with Gasteiger partial charge in [0.2, 0.25) is 0 Å². The van der Waals surface area contributed by atoms with E-state index in [-0.39, 0.29) is 12.5 Å². The van der Waals surface area contributed by atoms with Gasteiger partial charge in [-0.1, -0.05) is 17.7 Å². The van der Waals surface area contributed by atoms with Gasteiger partial charge in [-0.3, -0.25) is 4.79 Å². The van der Waals surface area contributed by atoms with Crippen molar-refractivity contribution in [3.8, 4) is 0 Å². The highest BCUT2D eigenvalue weighted by molar-refractivity contribution is 5.68. The Balaban J connectivity index is 2.15. The summed E-state index contributed by atoms with van der Waals surface area (Å²) in [6.45, 7) is 4.56. The minimum atomic E-state index is -0.740. The number of anilines is 1. The lowest BCUT2D eigenvalue weighted by Gasteiger charge is -2.37. The zero-order chi connectivity index (χ0) is 12.3. The average Bonchev–Trinajstić information content (AvgIpc) is 2.30. The number of carboxylic acid groups (broad SMARTS) is 1. The molecular formula is C13H18N2O2. The second-order valence-electron chi connectivity index (χ2n) is 4.48. The van der Waals surface area contributed by atoms with Gasteiger partial charge in [-0.2, -0.15) is 0 Å². The fourth-order valence-electron chi connectivity index (χ4n) is 2.22. The SMILES string of the molecule is Cc1ccc(N2CCNCC2CC(=O)O)cc1. The van der Waals surface area contributed by atoms with Gasteiger partial charge in [0.15, 0.2) is 0 Å². The summed E-state index contributed by atoms with van der Waals surface area (Å²) in [6, 6.07) is 8.30. The Morgan fingerprint density at radius 3 is 2.82 bits per heavy atom. The molecule has 1 unspecified atom stereocenters. The monoisotopic (exact) mass is 234 g/mol. The molecule has 1 aliphatic heterocycles. The van der Waals surface area contributed by atoms with E-state index in [2.05, 4.69) is 41.4 Å². The molecule has 4 nitrogen and oxygen atoms in total. The molecule has 0 aliphatic carbocycles. The van der Waals surface area contributed by atoms with Crippen molar-refractivity contribution in [2.24, 2.45) is 0 Å². The molecule has 1 heterocycles. The zero-order valence-electron chi connectivity index (χ0n) is 10.0. The van der Waals surface area contributed by atoms with Crippen molar-refractivity contribution >= 4 is 11.7 Å². The van der Waals surface area contributed by atoms with Crippen molar-refractivity contribution in [3.05, 3.63) is 29.8 Å². The van der Waals surface area contributed by atoms with Crippen molar-refractivity contribution in [1.29, 1.82) is 0 Å². The fraction of sp³-hybridized carbons (Fsp3) is 0.462. The summed E-state index contributed by atoms with van der Waals surface area (Å²) in [5.74, 6) is -0.740. The van der Waals surface area contributed by atoms with Crippen LogP contribution in [0, 0.1) is 6.92 Å². The summed E-state index contributed by atoms with van der Waals surface area (Å²) < 4.78 is 0. The van der Waals surface area contributed by atoms with E-state index in [1.807, 2.05) is 0 Å². The van der Waals surface area contributed by atoms with Gasteiger partial charge in [-0.05, 0) is 19.1 Å². The van der Waals surface area contributed by atoms with Crippen molar-refractivity contribution in [2.75, 3.05) is 24.5 Å². The Morgan fingerprint density at radius 2 is 2.18 bits per heavy atom. The van der Waals surface area contributed by atoms with E-state index in [0.717, 1.165) is 25.3 Å². The van der Waals surface area contributed by atoms with E-state index >= 15 is 0 Å². The molecule has 1 aliphatic rings. The largest absolute Gasteiger partial charge is 0.481 e. The first kappa shape index (κ1) is 11.9. The number of carboxylic acids is 1. The van der Waals surface area contributed by atoms with E-state index in [9.17, 15) is 4.79 Å². The lowest BCUT2D eigenvalue weighted by Crippen LogP contribution is -2.52. The van der Waals surface area contributed by atoms with Gasteiger partial charge in [-0.15, -0.1) is 0 Å². The number of aryl methyl sites for hydroxylation is 1. The fourth-order valence-corrected chi connectivity index (χ4v) is 2.22. The molecule has 17 heavy (non-hydrogen) atoms. The molecule has 0 radical (unpaired) electrons. The molecule has 1 saturated heterocycles. The van der Waals surface area contributed by atoms with Gasteiger partial charge in [-0.25, -0.2) is 0 Å². The Morgan fingerprint density at radius 1 is 1.47 bits per heavy atom. The van der Waals surface area contributed by atoms with Crippen LogP contribution in [0.2, 0.25) is 0 Å². The second-order valence-corrected chi connectivity index (χ2v) is 4.48. The number of nitrogens with one attached hydrogen (secondary N) is 1. The maximum atomic E-state index is 10.8. The molecule has 4 heteroatoms. The molecule has 1 aromatic carbocycles. The molecule has 92 valence electrons. The number of piperazine rings is 1. The lowest BCUT2D eigenvalue weighted by molar-refractivity contribution is -0.137. The van der Waals surface area contributed by atoms with Crippen LogP contribution in [0.1, 0.15) is 12.0 Å². The molecule has 0 aromatic heterocycles. The van der Waals surface area contributed by atoms with Crippen molar-refractivity contribution < 1.29 is 9.90 Å². The molecular weight excluding hydrogens is 216 g/mol. The van der Waals surface area contributed by atoms with E-state index in [1.165, 1.54) is 5.56 Å². The van der Waals surface area contributed by atoms with E-state index in [1.54, 1.807) is 0 Å². The molecule has 0 saturated carbocycles. The average molecular weight is 234 g/mol. The first-order valence-corrected chi connectivity index (χ1v) is 5.92. The van der Waals surface area contributed by atoms with Crippen LogP contribution in [0.3, 0.4) is 0 Å². The van der Waals surface area contributed by atoms with Crippen molar-refractivity contribution in [3.63, 3.8) is 0 Å². The highest BCUT2D eigenvalue weighted by Gasteiger charge is 2.24. The summed E-state index contributed by atoms with van der Waals surface area (Å²) in [7, 11) is 0. The minimum absolute atomic E-state index is 0.0453. The first-order valence-electron chi connectivity index (χ1n) is 5.92. The van der Waals surface area contributed by atoms with Gasteiger partial charge >= 0.3 is 5.97 Å². The van der Waals surface area contributed by atoms with Crippen LogP contribution in [0.25, 0.3) is 0 Å². The predicted molar refractivity (Wildman–Crippen MR) is 67.4 cm³/mol. The van der Waals surface area contributed by atoms with E-state index < -0.39 is 5.97 Å². The number of nitrogens with zero attached hydrogens (tertiary/aromatic N) is 1. The molecule has 0 bridgehead atoms. The third kappa shape index (κ3) is 2.97. The molecule has 1 atom stereocenters. The molecule has 1 aromatic rings. The predicted octanol–water partition coefficient (Wildman–Crippen LogP) is 1.25. The molecule has 0 spiro atoms. The molecule has 0 amide bonds. The van der Waals surface area contributed by atoms with E-state index in [4.69, 9.17) is 5.11 Å². The number of rotatable bonds is 3. The van der Waals surface area contributed by atoms with Crippen molar-refractivity contribution in [1.82, 2.24) is 5.32 Å². The smallest absolute Gasteiger partial charge is 0.305 e. The van der Waals surface area contributed by atoms with Crippen LogP contribution < -0.4 is 10.2 Å². The van der Waals surface area contributed by atoms with Crippen LogP contribution in [-0.2, 0) is 4.79 Å². The Kier molecular flexibility index (Phi) is 3.64. The Hall–Kier alpha value is -1.55. The lowest BCUT2D eigenvalue weighted by atomic mass is 10.1.